The summed E-state index contributed by atoms with van der Waals surface area (Å²) >= 11 is 0. The van der Waals surface area contributed by atoms with Crippen molar-refractivity contribution in [3.63, 3.8) is 0 Å². The molecule has 1 aliphatic heterocycles. The molecule has 3 heteroatoms. The number of fused-ring (bicyclic) bond motifs is 1. The Balaban J connectivity index is 1.51. The molecule has 2 fully saturated rings. The summed E-state index contributed by atoms with van der Waals surface area (Å²) in [5.74, 6) is 0.229. The van der Waals surface area contributed by atoms with E-state index in [9.17, 15) is 4.79 Å². The number of nitrogens with zero attached hydrogens (tertiary/aromatic N) is 1. The van der Waals surface area contributed by atoms with Gasteiger partial charge in [-0.2, -0.15) is 0 Å². The molecule has 1 saturated heterocycles. The minimum absolute atomic E-state index is 0.0793. The van der Waals surface area contributed by atoms with E-state index in [1.165, 1.54) is 68.9 Å². The quantitative estimate of drug-likeness (QED) is 0.629. The summed E-state index contributed by atoms with van der Waals surface area (Å²) in [5, 5.41) is 0. The second-order valence-corrected chi connectivity index (χ2v) is 9.56. The average Bonchev–Trinajstić information content (AvgIpc) is 2.92. The molecule has 1 atom stereocenters. The molecule has 154 valence electrons. The molecule has 0 aromatic heterocycles. The van der Waals surface area contributed by atoms with E-state index in [4.69, 9.17) is 4.74 Å². The molecule has 28 heavy (non-hydrogen) atoms. The maximum atomic E-state index is 13.0. The van der Waals surface area contributed by atoms with E-state index in [1.54, 1.807) is 0 Å². The maximum Gasteiger partial charge on any atom is 0.253 e. The minimum Gasteiger partial charge on any atom is -0.377 e. The Morgan fingerprint density at radius 2 is 1.79 bits per heavy atom. The number of rotatable bonds is 4. The first-order valence-corrected chi connectivity index (χ1v) is 11.7. The van der Waals surface area contributed by atoms with Crippen LogP contribution in [0.3, 0.4) is 0 Å². The second-order valence-electron chi connectivity index (χ2n) is 9.56. The van der Waals surface area contributed by atoms with E-state index in [-0.39, 0.29) is 11.3 Å². The molecule has 0 spiro atoms. The summed E-state index contributed by atoms with van der Waals surface area (Å²) in [6.45, 7) is 5.04. The molecular formula is C25H37NO2. The van der Waals surface area contributed by atoms with E-state index >= 15 is 0 Å². The smallest absolute Gasteiger partial charge is 0.253 e. The molecule has 1 heterocycles. The third-order valence-electron chi connectivity index (χ3n) is 7.26. The SMILES string of the molecule is CC1(COC2CCCCC2)CCCCc2cc(C(=O)N3CCCCC3)ccc21. The van der Waals surface area contributed by atoms with Gasteiger partial charge >= 0.3 is 0 Å². The lowest BCUT2D eigenvalue weighted by molar-refractivity contribution is -0.000639. The highest BCUT2D eigenvalue weighted by molar-refractivity contribution is 5.94. The van der Waals surface area contributed by atoms with Gasteiger partial charge < -0.3 is 9.64 Å². The molecule has 4 rings (SSSR count). The predicted octanol–water partition coefficient (Wildman–Crippen LogP) is 5.65. The zero-order valence-electron chi connectivity index (χ0n) is 17.7. The van der Waals surface area contributed by atoms with Gasteiger partial charge in [0.05, 0.1) is 12.7 Å². The van der Waals surface area contributed by atoms with E-state index in [0.717, 1.165) is 44.5 Å². The van der Waals surface area contributed by atoms with Crippen molar-refractivity contribution in [1.29, 1.82) is 0 Å². The zero-order chi connectivity index (χ0) is 19.4. The van der Waals surface area contributed by atoms with E-state index in [0.29, 0.717) is 6.10 Å². The Bertz CT molecular complexity index is 673. The van der Waals surface area contributed by atoms with Crippen LogP contribution in [-0.2, 0) is 16.6 Å². The summed E-state index contributed by atoms with van der Waals surface area (Å²) in [6.07, 6.45) is 15.2. The maximum absolute atomic E-state index is 13.0. The summed E-state index contributed by atoms with van der Waals surface area (Å²) in [6, 6.07) is 6.54. The Morgan fingerprint density at radius 3 is 2.57 bits per heavy atom. The second kappa shape index (κ2) is 8.98. The van der Waals surface area contributed by atoms with E-state index in [1.807, 2.05) is 4.90 Å². The molecule has 1 unspecified atom stereocenters. The summed E-state index contributed by atoms with van der Waals surface area (Å²) in [7, 11) is 0. The largest absolute Gasteiger partial charge is 0.377 e. The van der Waals surface area contributed by atoms with Crippen molar-refractivity contribution >= 4 is 5.91 Å². The molecule has 0 N–H and O–H groups in total. The highest BCUT2D eigenvalue weighted by Crippen LogP contribution is 2.38. The van der Waals surface area contributed by atoms with Crippen LogP contribution >= 0.6 is 0 Å². The topological polar surface area (TPSA) is 29.5 Å². The van der Waals surface area contributed by atoms with Gasteiger partial charge in [0, 0.05) is 24.1 Å². The summed E-state index contributed by atoms with van der Waals surface area (Å²) < 4.78 is 6.44. The number of aryl methyl sites for hydroxylation is 1. The third-order valence-corrected chi connectivity index (χ3v) is 7.26. The van der Waals surface area contributed by atoms with Crippen LogP contribution in [0, 0.1) is 0 Å². The third kappa shape index (κ3) is 4.45. The normalized spacial score (nSPS) is 26.5. The molecule has 1 aromatic rings. The van der Waals surface area contributed by atoms with Crippen molar-refractivity contribution in [1.82, 2.24) is 4.90 Å². The fourth-order valence-electron chi connectivity index (χ4n) is 5.45. The lowest BCUT2D eigenvalue weighted by Gasteiger charge is -2.33. The molecule has 0 radical (unpaired) electrons. The first kappa shape index (κ1) is 19.9. The average molecular weight is 384 g/mol. The van der Waals surface area contributed by atoms with Crippen molar-refractivity contribution in [2.75, 3.05) is 19.7 Å². The molecule has 1 aromatic carbocycles. The van der Waals surface area contributed by atoms with Gasteiger partial charge in [-0.3, -0.25) is 4.79 Å². The first-order chi connectivity index (χ1) is 13.7. The van der Waals surface area contributed by atoms with Crippen molar-refractivity contribution in [3.05, 3.63) is 34.9 Å². The zero-order valence-corrected chi connectivity index (χ0v) is 17.7. The number of hydrogen-bond donors (Lipinski definition) is 0. The van der Waals surface area contributed by atoms with Crippen LogP contribution < -0.4 is 0 Å². The number of likely N-dealkylation sites (tertiary alicyclic amines) is 1. The van der Waals surface area contributed by atoms with Crippen molar-refractivity contribution in [2.45, 2.75) is 95.5 Å². The number of carbonyl (C=O) groups excluding carboxylic acids is 1. The number of benzene rings is 1. The Kier molecular flexibility index (Phi) is 6.40. The molecule has 1 amide bonds. The fourth-order valence-corrected chi connectivity index (χ4v) is 5.45. The van der Waals surface area contributed by atoms with Gasteiger partial charge in [0.1, 0.15) is 0 Å². The minimum atomic E-state index is 0.0793. The summed E-state index contributed by atoms with van der Waals surface area (Å²) in [4.78, 5) is 15.0. The monoisotopic (exact) mass is 383 g/mol. The number of ether oxygens (including phenoxy) is 1. The molecule has 0 bridgehead atoms. The molecule has 1 saturated carbocycles. The van der Waals surface area contributed by atoms with Gasteiger partial charge in [-0.15, -0.1) is 0 Å². The van der Waals surface area contributed by atoms with E-state index in [2.05, 4.69) is 25.1 Å². The number of piperidine rings is 1. The lowest BCUT2D eigenvalue weighted by atomic mass is 9.78. The highest BCUT2D eigenvalue weighted by atomic mass is 16.5. The Labute approximate surface area is 170 Å². The van der Waals surface area contributed by atoms with Gasteiger partial charge in [0.25, 0.3) is 5.91 Å². The predicted molar refractivity (Wildman–Crippen MR) is 114 cm³/mol. The van der Waals surface area contributed by atoms with Gasteiger partial charge in [0.2, 0.25) is 0 Å². The Morgan fingerprint density at radius 1 is 1.04 bits per heavy atom. The first-order valence-electron chi connectivity index (χ1n) is 11.7. The van der Waals surface area contributed by atoms with Crippen LogP contribution in [0.2, 0.25) is 0 Å². The molecule has 3 aliphatic rings. The van der Waals surface area contributed by atoms with Gasteiger partial charge in [-0.1, -0.05) is 38.7 Å². The van der Waals surface area contributed by atoms with Crippen molar-refractivity contribution in [2.24, 2.45) is 0 Å². The standard InChI is InChI=1S/C25H37NO2/c1-25(19-28-22-11-4-2-5-12-22)15-7-6-10-20-18-21(13-14-23(20)25)24(27)26-16-8-3-9-17-26/h13-14,18,22H,2-12,15-17,19H2,1H3. The van der Waals surface area contributed by atoms with Gasteiger partial charge in [-0.05, 0) is 74.6 Å². The lowest BCUT2D eigenvalue weighted by Crippen LogP contribution is -2.36. The van der Waals surface area contributed by atoms with Crippen molar-refractivity contribution < 1.29 is 9.53 Å². The summed E-state index contributed by atoms with van der Waals surface area (Å²) in [5.41, 5.74) is 3.78. The number of carbonyl (C=O) groups is 1. The van der Waals surface area contributed by atoms with E-state index < -0.39 is 0 Å². The Hall–Kier alpha value is -1.35. The van der Waals surface area contributed by atoms with Crippen LogP contribution in [0.1, 0.15) is 99.0 Å². The fraction of sp³-hybridized carbons (Fsp3) is 0.720. The molecular weight excluding hydrogens is 346 g/mol. The van der Waals surface area contributed by atoms with Crippen LogP contribution in [0.4, 0.5) is 0 Å². The number of amides is 1. The van der Waals surface area contributed by atoms with Crippen molar-refractivity contribution in [3.8, 4) is 0 Å². The molecule has 3 nitrogen and oxygen atoms in total. The van der Waals surface area contributed by atoms with Crippen LogP contribution in [-0.4, -0.2) is 36.6 Å². The van der Waals surface area contributed by atoms with Gasteiger partial charge in [0.15, 0.2) is 0 Å². The highest BCUT2D eigenvalue weighted by Gasteiger charge is 2.33. The van der Waals surface area contributed by atoms with Crippen LogP contribution in [0.5, 0.6) is 0 Å². The number of hydrogen-bond acceptors (Lipinski definition) is 2. The van der Waals surface area contributed by atoms with Crippen LogP contribution in [0.25, 0.3) is 0 Å². The van der Waals surface area contributed by atoms with Gasteiger partial charge in [-0.25, -0.2) is 0 Å². The van der Waals surface area contributed by atoms with Crippen LogP contribution in [0.15, 0.2) is 18.2 Å². The molecule has 2 aliphatic carbocycles.